The Morgan fingerprint density at radius 1 is 1.50 bits per heavy atom. The van der Waals surface area contributed by atoms with Crippen LogP contribution < -0.4 is 0 Å². The average molecular weight is 275 g/mol. The van der Waals surface area contributed by atoms with Crippen LogP contribution in [-0.2, 0) is 19.4 Å². The lowest BCUT2D eigenvalue weighted by atomic mass is 9.83. The molecule has 5 nitrogen and oxygen atoms in total. The number of ether oxygens (including phenoxy) is 1. The summed E-state index contributed by atoms with van der Waals surface area (Å²) < 4.78 is 28.3. The van der Waals surface area contributed by atoms with Gasteiger partial charge in [-0.3, -0.25) is 0 Å². The van der Waals surface area contributed by atoms with Crippen molar-refractivity contribution in [3.05, 3.63) is 0 Å². The third kappa shape index (κ3) is 3.10. The van der Waals surface area contributed by atoms with Crippen LogP contribution in [0.1, 0.15) is 19.3 Å². The Kier molecular flexibility index (Phi) is 4.08. The maximum atomic E-state index is 11.5. The van der Waals surface area contributed by atoms with E-state index >= 15 is 0 Å². The van der Waals surface area contributed by atoms with Crippen molar-refractivity contribution in [1.29, 1.82) is 0 Å². The van der Waals surface area contributed by atoms with Gasteiger partial charge in [0.1, 0.15) is 6.29 Å². The van der Waals surface area contributed by atoms with Gasteiger partial charge < -0.3 is 14.4 Å². The summed E-state index contributed by atoms with van der Waals surface area (Å²) >= 11 is 0. The zero-order valence-corrected chi connectivity index (χ0v) is 11.6. The number of nitrogens with zero attached hydrogens (tertiary/aromatic N) is 1. The molecule has 0 bridgehead atoms. The minimum absolute atomic E-state index is 0.0498. The third-order valence-electron chi connectivity index (χ3n) is 4.00. The Morgan fingerprint density at radius 3 is 2.78 bits per heavy atom. The molecule has 2 aliphatic heterocycles. The lowest BCUT2D eigenvalue weighted by Gasteiger charge is -2.37. The minimum Gasteiger partial charge on any atom is -0.380 e. The molecule has 0 saturated carbocycles. The van der Waals surface area contributed by atoms with Crippen molar-refractivity contribution in [3.63, 3.8) is 0 Å². The van der Waals surface area contributed by atoms with E-state index in [1.165, 1.54) is 0 Å². The van der Waals surface area contributed by atoms with Gasteiger partial charge >= 0.3 is 0 Å². The minimum atomic E-state index is -2.87. The molecule has 2 saturated heterocycles. The molecular weight excluding hydrogens is 254 g/mol. The molecule has 18 heavy (non-hydrogen) atoms. The van der Waals surface area contributed by atoms with E-state index in [0.717, 1.165) is 25.7 Å². The van der Waals surface area contributed by atoms with Gasteiger partial charge in [-0.15, -0.1) is 0 Å². The summed E-state index contributed by atoms with van der Waals surface area (Å²) in [6.07, 6.45) is 3.40. The van der Waals surface area contributed by atoms with Crippen LogP contribution in [0.2, 0.25) is 0 Å². The summed E-state index contributed by atoms with van der Waals surface area (Å²) in [5.41, 5.74) is -0.445. The summed E-state index contributed by atoms with van der Waals surface area (Å²) in [5, 5.41) is 0. The first-order valence-electron chi connectivity index (χ1n) is 6.41. The summed E-state index contributed by atoms with van der Waals surface area (Å²) in [6, 6.07) is 0.0498. The fourth-order valence-electron chi connectivity index (χ4n) is 2.88. The molecule has 0 aliphatic carbocycles. The largest absolute Gasteiger partial charge is 0.380 e. The number of hydrogen-bond acceptors (Lipinski definition) is 5. The van der Waals surface area contributed by atoms with E-state index in [1.54, 1.807) is 0 Å². The monoisotopic (exact) mass is 275 g/mol. The smallest absolute Gasteiger partial charge is 0.151 e. The lowest BCUT2D eigenvalue weighted by Crippen LogP contribution is -2.46. The van der Waals surface area contributed by atoms with Gasteiger partial charge in [-0.2, -0.15) is 0 Å². The highest BCUT2D eigenvalue weighted by molar-refractivity contribution is 7.91. The molecule has 2 heterocycles. The Labute approximate surface area is 108 Å². The highest BCUT2D eigenvalue weighted by Crippen LogP contribution is 2.29. The third-order valence-corrected chi connectivity index (χ3v) is 5.75. The highest BCUT2D eigenvalue weighted by atomic mass is 32.2. The second-order valence-corrected chi connectivity index (χ2v) is 7.84. The van der Waals surface area contributed by atoms with Crippen LogP contribution in [0.25, 0.3) is 0 Å². The normalized spacial score (nSPS) is 35.8. The summed E-state index contributed by atoms with van der Waals surface area (Å²) in [7, 11) is -0.961. The molecule has 2 aliphatic rings. The first-order chi connectivity index (χ1) is 8.46. The topological polar surface area (TPSA) is 63.7 Å². The van der Waals surface area contributed by atoms with Crippen LogP contribution in [0.5, 0.6) is 0 Å². The molecule has 0 N–H and O–H groups in total. The maximum Gasteiger partial charge on any atom is 0.151 e. The van der Waals surface area contributed by atoms with Crippen molar-refractivity contribution in [3.8, 4) is 0 Å². The Hall–Kier alpha value is -0.460. The number of hydrogen-bond donors (Lipinski definition) is 0. The molecule has 2 fully saturated rings. The number of sulfone groups is 1. The molecule has 0 aromatic carbocycles. The van der Waals surface area contributed by atoms with Crippen molar-refractivity contribution in [1.82, 2.24) is 4.90 Å². The first-order valence-corrected chi connectivity index (χ1v) is 8.23. The van der Waals surface area contributed by atoms with Crippen molar-refractivity contribution in [2.24, 2.45) is 5.41 Å². The molecule has 2 rings (SSSR count). The van der Waals surface area contributed by atoms with Crippen LogP contribution in [0.15, 0.2) is 0 Å². The van der Waals surface area contributed by atoms with E-state index < -0.39 is 15.3 Å². The molecule has 0 spiro atoms. The van der Waals surface area contributed by atoms with Crippen molar-refractivity contribution in [2.45, 2.75) is 25.3 Å². The van der Waals surface area contributed by atoms with Crippen molar-refractivity contribution >= 4 is 16.1 Å². The number of carbonyl (C=O) groups is 1. The molecular formula is C12H21NO4S. The quantitative estimate of drug-likeness (QED) is 0.681. The van der Waals surface area contributed by atoms with Crippen LogP contribution >= 0.6 is 0 Å². The van der Waals surface area contributed by atoms with E-state index in [-0.39, 0.29) is 17.5 Å². The molecule has 0 aromatic rings. The Morgan fingerprint density at radius 2 is 2.28 bits per heavy atom. The number of carbonyl (C=O) groups excluding carboxylic acids is 1. The van der Waals surface area contributed by atoms with Gasteiger partial charge in [0.2, 0.25) is 0 Å². The summed E-state index contributed by atoms with van der Waals surface area (Å²) in [4.78, 5) is 13.4. The van der Waals surface area contributed by atoms with E-state index in [9.17, 15) is 13.2 Å². The number of aldehydes is 1. The van der Waals surface area contributed by atoms with Gasteiger partial charge in [0.05, 0.1) is 23.5 Å². The molecule has 2 unspecified atom stereocenters. The molecule has 104 valence electrons. The number of rotatable bonds is 4. The van der Waals surface area contributed by atoms with Gasteiger partial charge in [0.15, 0.2) is 9.84 Å². The Bertz CT molecular complexity index is 400. The van der Waals surface area contributed by atoms with E-state index in [0.29, 0.717) is 19.6 Å². The molecule has 0 amide bonds. The molecule has 0 radical (unpaired) electrons. The fraction of sp³-hybridized carbons (Fsp3) is 0.917. The zero-order valence-electron chi connectivity index (χ0n) is 10.8. The van der Waals surface area contributed by atoms with Crippen LogP contribution in [-0.4, -0.2) is 64.0 Å². The fourth-order valence-corrected chi connectivity index (χ4v) is 4.68. The predicted molar refractivity (Wildman–Crippen MR) is 68.2 cm³/mol. The van der Waals surface area contributed by atoms with E-state index in [2.05, 4.69) is 0 Å². The van der Waals surface area contributed by atoms with Crippen LogP contribution in [0, 0.1) is 5.41 Å². The Balaban J connectivity index is 1.97. The lowest BCUT2D eigenvalue weighted by molar-refractivity contribution is -0.125. The predicted octanol–water partition coefficient (Wildman–Crippen LogP) is 0.101. The van der Waals surface area contributed by atoms with Gasteiger partial charge in [-0.1, -0.05) is 0 Å². The van der Waals surface area contributed by atoms with Gasteiger partial charge in [-0.05, 0) is 26.3 Å². The molecule has 6 heteroatoms. The van der Waals surface area contributed by atoms with Gasteiger partial charge in [0, 0.05) is 19.2 Å². The van der Waals surface area contributed by atoms with Gasteiger partial charge in [-0.25, -0.2) is 8.42 Å². The molecule has 0 aromatic heterocycles. The zero-order chi connectivity index (χ0) is 13.2. The van der Waals surface area contributed by atoms with Crippen LogP contribution in [0.3, 0.4) is 0 Å². The maximum absolute atomic E-state index is 11.5. The van der Waals surface area contributed by atoms with E-state index in [4.69, 9.17) is 4.74 Å². The van der Waals surface area contributed by atoms with E-state index in [1.807, 2.05) is 11.9 Å². The van der Waals surface area contributed by atoms with Crippen LogP contribution in [0.4, 0.5) is 0 Å². The first kappa shape index (κ1) is 14.0. The summed E-state index contributed by atoms with van der Waals surface area (Å²) in [5.74, 6) is 0.492. The SMILES string of the molecule is CN(CC1(C=O)CCCOC1)C1CCS(=O)(=O)C1. The summed E-state index contributed by atoms with van der Waals surface area (Å²) in [6.45, 7) is 1.77. The van der Waals surface area contributed by atoms with Crippen molar-refractivity contribution in [2.75, 3.05) is 38.3 Å². The van der Waals surface area contributed by atoms with Gasteiger partial charge in [0.25, 0.3) is 0 Å². The van der Waals surface area contributed by atoms with Crippen molar-refractivity contribution < 1.29 is 17.9 Å². The highest BCUT2D eigenvalue weighted by Gasteiger charge is 2.38. The second-order valence-electron chi connectivity index (χ2n) is 5.61. The second kappa shape index (κ2) is 5.27. The average Bonchev–Trinajstić information content (AvgIpc) is 2.71. The standard InChI is InChI=1S/C12H21NO4S/c1-13(11-3-6-18(15,16)7-11)8-12(9-14)4-2-5-17-10-12/h9,11H,2-8,10H2,1H3. The molecule has 2 atom stereocenters.